The lowest BCUT2D eigenvalue weighted by molar-refractivity contribution is -0.597. The molecule has 5 heteroatoms. The Morgan fingerprint density at radius 1 is 0.743 bits per heavy atom. The summed E-state index contributed by atoms with van der Waals surface area (Å²) in [4.78, 5) is 0. The van der Waals surface area contributed by atoms with E-state index >= 15 is 0 Å². The SMILES string of the molecule is COc1c(Cc2ccc(O)cc2)cc([I+]c2ccc(C(C)(C)C)cc2)cc1Oc1ccc(O)cc1. The zero-order chi connectivity index (χ0) is 25.0. The third-order valence-corrected chi connectivity index (χ3v) is 8.21. The molecule has 35 heavy (non-hydrogen) atoms. The highest BCUT2D eigenvalue weighted by Crippen LogP contribution is 2.36. The first kappa shape index (κ1) is 24.9. The van der Waals surface area contributed by atoms with Crippen molar-refractivity contribution in [2.24, 2.45) is 0 Å². The van der Waals surface area contributed by atoms with Gasteiger partial charge in [0.2, 0.25) is 0 Å². The number of rotatable bonds is 7. The first-order valence-electron chi connectivity index (χ1n) is 11.4. The fraction of sp³-hybridized carbons (Fsp3) is 0.200. The number of methoxy groups -OCH3 is 1. The molecular weight excluding hydrogens is 551 g/mol. The molecule has 0 aromatic heterocycles. The van der Waals surface area contributed by atoms with Crippen LogP contribution in [-0.4, -0.2) is 17.3 Å². The monoisotopic (exact) mass is 581 g/mol. The van der Waals surface area contributed by atoms with Gasteiger partial charge >= 0.3 is 21.2 Å². The smallest absolute Gasteiger partial charge is 0.358 e. The van der Waals surface area contributed by atoms with Crippen molar-refractivity contribution in [1.82, 2.24) is 0 Å². The van der Waals surface area contributed by atoms with Crippen molar-refractivity contribution in [2.45, 2.75) is 32.6 Å². The van der Waals surface area contributed by atoms with E-state index in [2.05, 4.69) is 57.2 Å². The maximum atomic E-state index is 9.67. The van der Waals surface area contributed by atoms with Gasteiger partial charge < -0.3 is 19.7 Å². The summed E-state index contributed by atoms with van der Waals surface area (Å²) in [6.07, 6.45) is 0.649. The van der Waals surface area contributed by atoms with E-state index in [1.165, 1.54) is 12.7 Å². The quantitative estimate of drug-likeness (QED) is 0.325. The van der Waals surface area contributed by atoms with Crippen LogP contribution in [-0.2, 0) is 11.8 Å². The molecule has 0 spiro atoms. The molecule has 0 bridgehead atoms. The van der Waals surface area contributed by atoms with Crippen molar-refractivity contribution >= 4 is 0 Å². The average Bonchev–Trinajstić information content (AvgIpc) is 2.82. The number of hydrogen-bond acceptors (Lipinski definition) is 4. The van der Waals surface area contributed by atoms with Crippen LogP contribution in [0.5, 0.6) is 28.7 Å². The number of aromatic hydroxyl groups is 2. The van der Waals surface area contributed by atoms with E-state index in [9.17, 15) is 10.2 Å². The zero-order valence-corrected chi connectivity index (χ0v) is 22.5. The molecule has 0 aliphatic rings. The summed E-state index contributed by atoms with van der Waals surface area (Å²) in [5.41, 5.74) is 3.54. The Kier molecular flexibility index (Phi) is 7.55. The molecule has 0 saturated heterocycles. The zero-order valence-electron chi connectivity index (χ0n) is 20.4. The van der Waals surface area contributed by atoms with Gasteiger partial charge in [0.05, 0.1) is 7.11 Å². The van der Waals surface area contributed by atoms with E-state index in [0.717, 1.165) is 11.1 Å². The van der Waals surface area contributed by atoms with Crippen LogP contribution >= 0.6 is 0 Å². The van der Waals surface area contributed by atoms with Crippen LogP contribution in [0, 0.1) is 7.14 Å². The molecule has 0 fully saturated rings. The normalized spacial score (nSPS) is 11.3. The summed E-state index contributed by atoms with van der Waals surface area (Å²) in [7, 11) is 1.65. The van der Waals surface area contributed by atoms with E-state index in [1.54, 1.807) is 43.5 Å². The lowest BCUT2D eigenvalue weighted by Gasteiger charge is -2.18. The van der Waals surface area contributed by atoms with Gasteiger partial charge in [-0.2, -0.15) is 0 Å². The van der Waals surface area contributed by atoms with Gasteiger partial charge in [-0.25, -0.2) is 0 Å². The minimum absolute atomic E-state index is 0.124. The van der Waals surface area contributed by atoms with Gasteiger partial charge in [-0.15, -0.1) is 0 Å². The molecular formula is C30H30IO4+. The summed E-state index contributed by atoms with van der Waals surface area (Å²) < 4.78 is 14.6. The summed E-state index contributed by atoms with van der Waals surface area (Å²) in [5, 5.41) is 19.3. The van der Waals surface area contributed by atoms with E-state index in [0.29, 0.717) is 23.7 Å². The second-order valence-electron chi connectivity index (χ2n) is 9.39. The topological polar surface area (TPSA) is 58.9 Å². The van der Waals surface area contributed by atoms with E-state index in [4.69, 9.17) is 9.47 Å². The van der Waals surface area contributed by atoms with Gasteiger partial charge in [-0.3, -0.25) is 0 Å². The molecule has 0 saturated carbocycles. The number of phenolic OH excluding ortho intramolecular Hbond substituents is 2. The van der Waals surface area contributed by atoms with Crippen LogP contribution in [0.1, 0.15) is 37.5 Å². The van der Waals surface area contributed by atoms with Crippen molar-refractivity contribution in [2.75, 3.05) is 7.11 Å². The first-order valence-corrected chi connectivity index (χ1v) is 13.6. The second-order valence-corrected chi connectivity index (χ2v) is 12.4. The fourth-order valence-electron chi connectivity index (χ4n) is 3.73. The Balaban J connectivity index is 1.71. The van der Waals surface area contributed by atoms with Crippen molar-refractivity contribution in [1.29, 1.82) is 0 Å². The lowest BCUT2D eigenvalue weighted by atomic mass is 9.87. The summed E-state index contributed by atoms with van der Waals surface area (Å²) in [6, 6.07) is 27.1. The molecule has 180 valence electrons. The fourth-order valence-corrected chi connectivity index (χ4v) is 6.14. The van der Waals surface area contributed by atoms with Crippen LogP contribution < -0.4 is 30.7 Å². The lowest BCUT2D eigenvalue weighted by Crippen LogP contribution is -3.61. The Morgan fingerprint density at radius 3 is 1.91 bits per heavy atom. The average molecular weight is 581 g/mol. The summed E-state index contributed by atoms with van der Waals surface area (Å²) in [5.74, 6) is 2.39. The number of ether oxygens (including phenoxy) is 2. The summed E-state index contributed by atoms with van der Waals surface area (Å²) >= 11 is -0.451. The molecule has 0 aliphatic heterocycles. The van der Waals surface area contributed by atoms with Crippen LogP contribution in [0.15, 0.2) is 84.9 Å². The number of phenols is 2. The van der Waals surface area contributed by atoms with Gasteiger partial charge in [-0.1, -0.05) is 45.0 Å². The Hall–Kier alpha value is -3.19. The predicted molar refractivity (Wildman–Crippen MR) is 135 cm³/mol. The molecule has 0 aliphatic carbocycles. The van der Waals surface area contributed by atoms with E-state index in [-0.39, 0.29) is 16.9 Å². The molecule has 0 atom stereocenters. The molecule has 0 amide bonds. The minimum atomic E-state index is -0.451. The molecule has 0 unspecified atom stereocenters. The summed E-state index contributed by atoms with van der Waals surface area (Å²) in [6.45, 7) is 6.68. The first-order chi connectivity index (χ1) is 16.7. The Bertz CT molecular complexity index is 1200. The second kappa shape index (κ2) is 10.6. The van der Waals surface area contributed by atoms with Crippen molar-refractivity contribution < 1.29 is 40.9 Å². The molecule has 4 nitrogen and oxygen atoms in total. The highest BCUT2D eigenvalue weighted by atomic mass is 127. The third-order valence-electron chi connectivity index (χ3n) is 5.62. The predicted octanol–water partition coefficient (Wildman–Crippen LogP) is 3.92. The largest absolute Gasteiger partial charge is 0.508 e. The van der Waals surface area contributed by atoms with Gasteiger partial charge in [-0.05, 0) is 71.1 Å². The van der Waals surface area contributed by atoms with Crippen molar-refractivity contribution in [3.8, 4) is 28.7 Å². The standard InChI is InChI=1S/C30H29IO4/c1-30(2,3)22-7-9-23(10-8-22)31-24-18-21(17-20-5-11-25(32)12-6-20)29(34-4)28(19-24)35-27-15-13-26(33)14-16-27/h5-16,18-19H,17H2,1-4H3,(H-,32,33)/p+1. The molecule has 4 aromatic rings. The van der Waals surface area contributed by atoms with Gasteiger partial charge in [0.1, 0.15) is 17.2 Å². The number of halogens is 1. The van der Waals surface area contributed by atoms with Crippen LogP contribution in [0.3, 0.4) is 0 Å². The minimum Gasteiger partial charge on any atom is -0.508 e. The highest BCUT2D eigenvalue weighted by Gasteiger charge is 2.24. The molecule has 0 radical (unpaired) electrons. The Labute approximate surface area is 217 Å². The van der Waals surface area contributed by atoms with Gasteiger partial charge in [0, 0.05) is 18.1 Å². The number of hydrogen-bond donors (Lipinski definition) is 2. The Morgan fingerprint density at radius 2 is 1.34 bits per heavy atom. The van der Waals surface area contributed by atoms with Crippen molar-refractivity contribution in [3.63, 3.8) is 0 Å². The van der Waals surface area contributed by atoms with Crippen LogP contribution in [0.4, 0.5) is 0 Å². The van der Waals surface area contributed by atoms with E-state index in [1.807, 2.05) is 12.1 Å². The maximum absolute atomic E-state index is 9.67. The molecule has 2 N–H and O–H groups in total. The maximum Gasteiger partial charge on any atom is 0.358 e. The molecule has 4 aromatic carbocycles. The highest BCUT2D eigenvalue weighted by molar-refractivity contribution is 5.50. The van der Waals surface area contributed by atoms with Gasteiger partial charge in [0.25, 0.3) is 0 Å². The number of benzene rings is 4. The van der Waals surface area contributed by atoms with Crippen LogP contribution in [0.2, 0.25) is 0 Å². The third kappa shape index (κ3) is 6.48. The van der Waals surface area contributed by atoms with Gasteiger partial charge in [0.15, 0.2) is 18.6 Å². The van der Waals surface area contributed by atoms with Crippen molar-refractivity contribution in [3.05, 3.63) is 109 Å². The molecule has 4 rings (SSSR count). The van der Waals surface area contributed by atoms with Crippen LogP contribution in [0.25, 0.3) is 0 Å². The van der Waals surface area contributed by atoms with E-state index < -0.39 is 21.2 Å². The molecule has 0 heterocycles.